The Morgan fingerprint density at radius 2 is 1.72 bits per heavy atom. The van der Waals surface area contributed by atoms with Crippen molar-refractivity contribution < 1.29 is 23.9 Å². The van der Waals surface area contributed by atoms with Gasteiger partial charge in [0.05, 0.1) is 34.7 Å². The Morgan fingerprint density at radius 3 is 2.45 bits per heavy atom. The van der Waals surface area contributed by atoms with Crippen molar-refractivity contribution >= 4 is 74.1 Å². The van der Waals surface area contributed by atoms with E-state index in [1.165, 1.54) is 16.2 Å². The fourth-order valence-electron chi connectivity index (χ4n) is 8.22. The van der Waals surface area contributed by atoms with Crippen molar-refractivity contribution in [2.24, 2.45) is 29.6 Å². The Labute approximate surface area is 291 Å². The van der Waals surface area contributed by atoms with Crippen molar-refractivity contribution in [2.45, 2.75) is 36.1 Å². The number of rotatable bonds is 7. The molecule has 2 amide bonds. The van der Waals surface area contributed by atoms with Gasteiger partial charge in [0, 0.05) is 31.1 Å². The molecule has 2 saturated carbocycles. The number of thiazole rings is 1. The van der Waals surface area contributed by atoms with E-state index in [1.54, 1.807) is 43.0 Å². The molecule has 240 valence electrons. The Kier molecular flexibility index (Phi) is 7.86. The van der Waals surface area contributed by atoms with Gasteiger partial charge in [-0.25, -0.2) is 4.79 Å². The Hall–Kier alpha value is -3.38. The number of aromatic amines is 1. The lowest BCUT2D eigenvalue weighted by atomic mass is 9.68. The second-order valence-electron chi connectivity index (χ2n) is 12.3. The summed E-state index contributed by atoms with van der Waals surface area (Å²) in [6.45, 7) is 2.34. The van der Waals surface area contributed by atoms with Crippen LogP contribution in [0, 0.1) is 29.6 Å². The van der Waals surface area contributed by atoms with E-state index in [-0.39, 0.29) is 52.2 Å². The molecular weight excluding hydrogens is 724 g/mol. The van der Waals surface area contributed by atoms with Gasteiger partial charge < -0.3 is 14.5 Å². The minimum atomic E-state index is -0.454. The molecule has 1 N–H and O–H groups in total. The monoisotopic (exact) mass is 750 g/mol. The zero-order valence-electron chi connectivity index (χ0n) is 25.0. The number of fused-ring (bicyclic) bond motifs is 9. The minimum absolute atomic E-state index is 0.0141. The number of carbonyl (C=O) groups excluding carboxylic acids is 3. The van der Waals surface area contributed by atoms with Crippen LogP contribution in [0.3, 0.4) is 0 Å². The summed E-state index contributed by atoms with van der Waals surface area (Å²) in [6.07, 6.45) is 0.773. The molecule has 2 aliphatic heterocycles. The number of esters is 1. The predicted molar refractivity (Wildman–Crippen MR) is 183 cm³/mol. The van der Waals surface area contributed by atoms with E-state index in [0.29, 0.717) is 28.6 Å². The number of amides is 2. The SMILES string of the molecule is CCOC(=O)c1ccc(N2C(=O)C3C4CC(C3C2=O)C2C4Sc3[nH]c(=O)sc3[C@@H]2c2cc(Br)ccc2OCc2ccc(Cl)cc2)cc1. The van der Waals surface area contributed by atoms with Crippen LogP contribution in [0.5, 0.6) is 5.75 Å². The Balaban J connectivity index is 1.15. The summed E-state index contributed by atoms with van der Waals surface area (Å²) in [4.78, 5) is 58.4. The zero-order chi connectivity index (χ0) is 32.6. The highest BCUT2D eigenvalue weighted by molar-refractivity contribution is 9.10. The van der Waals surface area contributed by atoms with Gasteiger partial charge in [-0.15, -0.1) is 11.8 Å². The Morgan fingerprint density at radius 1 is 1.00 bits per heavy atom. The number of H-pyrrole nitrogens is 1. The molecule has 1 aromatic heterocycles. The third kappa shape index (κ3) is 5.08. The molecule has 0 spiro atoms. The molecule has 4 aliphatic rings. The smallest absolute Gasteiger partial charge is 0.338 e. The number of benzene rings is 3. The molecule has 3 aromatic carbocycles. The molecule has 2 bridgehead atoms. The van der Waals surface area contributed by atoms with Gasteiger partial charge in [-0.2, -0.15) is 0 Å². The van der Waals surface area contributed by atoms with Gasteiger partial charge in [0.2, 0.25) is 11.8 Å². The summed E-state index contributed by atoms with van der Waals surface area (Å²) in [5.41, 5.74) is 2.75. The lowest BCUT2D eigenvalue weighted by Crippen LogP contribution is -2.42. The molecule has 7 atom stereocenters. The molecule has 2 aliphatic carbocycles. The first kappa shape index (κ1) is 30.9. The van der Waals surface area contributed by atoms with Gasteiger partial charge >= 0.3 is 10.8 Å². The number of carbonyl (C=O) groups is 3. The van der Waals surface area contributed by atoms with Crippen LogP contribution in [0.15, 0.2) is 81.0 Å². The maximum atomic E-state index is 14.2. The first-order valence-corrected chi connectivity index (χ1v) is 18.3. The predicted octanol–water partition coefficient (Wildman–Crippen LogP) is 7.29. The minimum Gasteiger partial charge on any atom is -0.489 e. The van der Waals surface area contributed by atoms with Crippen LogP contribution < -0.4 is 14.5 Å². The van der Waals surface area contributed by atoms with Gasteiger partial charge in [-0.05, 0) is 91.3 Å². The molecule has 12 heteroatoms. The van der Waals surface area contributed by atoms with Crippen molar-refractivity contribution in [3.63, 3.8) is 0 Å². The number of nitrogens with one attached hydrogen (secondary N) is 1. The molecule has 1 saturated heterocycles. The van der Waals surface area contributed by atoms with Gasteiger partial charge in [0.15, 0.2) is 0 Å². The first-order chi connectivity index (χ1) is 22.7. The van der Waals surface area contributed by atoms with E-state index in [0.717, 1.165) is 31.9 Å². The van der Waals surface area contributed by atoms with Gasteiger partial charge in [0.25, 0.3) is 0 Å². The molecular formula is C35H28BrClN2O6S2. The van der Waals surface area contributed by atoms with Crippen molar-refractivity contribution in [1.29, 1.82) is 0 Å². The topological polar surface area (TPSA) is 106 Å². The number of thioether (sulfide) groups is 1. The fraction of sp³-hybridized carbons (Fsp3) is 0.314. The number of ether oxygens (including phenoxy) is 2. The second kappa shape index (κ2) is 11.9. The number of halogens is 2. The summed E-state index contributed by atoms with van der Waals surface area (Å²) < 4.78 is 12.4. The molecule has 0 radical (unpaired) electrons. The Bertz CT molecular complexity index is 1980. The molecule has 6 unspecified atom stereocenters. The van der Waals surface area contributed by atoms with Crippen LogP contribution in [-0.2, 0) is 20.9 Å². The highest BCUT2D eigenvalue weighted by Gasteiger charge is 2.69. The first-order valence-electron chi connectivity index (χ1n) is 15.4. The second-order valence-corrected chi connectivity index (χ2v) is 15.9. The molecule has 3 fully saturated rings. The van der Waals surface area contributed by atoms with Crippen LogP contribution in [0.25, 0.3) is 0 Å². The van der Waals surface area contributed by atoms with Crippen LogP contribution in [0.4, 0.5) is 5.69 Å². The number of nitrogens with zero attached hydrogens (tertiary/aromatic N) is 1. The van der Waals surface area contributed by atoms with E-state index in [9.17, 15) is 19.2 Å². The number of hydrogen-bond donors (Lipinski definition) is 1. The van der Waals surface area contributed by atoms with Crippen molar-refractivity contribution in [2.75, 3.05) is 11.5 Å². The average Bonchev–Trinajstić information content (AvgIpc) is 3.80. The third-order valence-corrected chi connectivity index (χ3v) is 13.3. The van der Waals surface area contributed by atoms with E-state index >= 15 is 0 Å². The van der Waals surface area contributed by atoms with Gasteiger partial charge in [-0.3, -0.25) is 19.3 Å². The lowest BCUT2D eigenvalue weighted by Gasteiger charge is -2.43. The fourth-order valence-corrected chi connectivity index (χ4v) is 11.6. The number of imide groups is 1. The summed E-state index contributed by atoms with van der Waals surface area (Å²) >= 11 is 12.6. The van der Waals surface area contributed by atoms with E-state index < -0.39 is 17.8 Å². The highest BCUT2D eigenvalue weighted by atomic mass is 79.9. The lowest BCUT2D eigenvalue weighted by molar-refractivity contribution is -0.123. The van der Waals surface area contributed by atoms with Crippen molar-refractivity contribution in [3.05, 3.63) is 107 Å². The maximum absolute atomic E-state index is 14.2. The third-order valence-electron chi connectivity index (χ3n) is 9.98. The zero-order valence-corrected chi connectivity index (χ0v) is 29.0. The summed E-state index contributed by atoms with van der Waals surface area (Å²) in [5.74, 6) is -1.27. The largest absolute Gasteiger partial charge is 0.489 e. The standard InChI is InChI=1S/C35H28BrClN2O6S2/c1-2-44-34(42)17-5-10-20(11-6-17)39-32(40)27-22-14-23(28(27)33(39)41)29-26(22)25(30-31(46-29)38-35(43)47-30)21-13-18(36)7-12-24(21)45-15-16-3-8-19(37)9-4-16/h3-13,22-23,25-29H,2,14-15H2,1H3,(H,38,43)/t22?,23?,25-,26?,27?,28?,29?/m1/s1. The molecule has 3 heterocycles. The van der Waals surface area contributed by atoms with E-state index in [1.807, 2.05) is 36.4 Å². The molecule has 47 heavy (non-hydrogen) atoms. The van der Waals surface area contributed by atoms with Gasteiger partial charge in [0.1, 0.15) is 12.4 Å². The number of aromatic nitrogens is 1. The van der Waals surface area contributed by atoms with E-state index in [2.05, 4.69) is 27.0 Å². The highest BCUT2D eigenvalue weighted by Crippen LogP contribution is 2.69. The number of hydrogen-bond acceptors (Lipinski definition) is 8. The van der Waals surface area contributed by atoms with Crippen molar-refractivity contribution in [3.8, 4) is 5.75 Å². The molecule has 8 rings (SSSR count). The van der Waals surface area contributed by atoms with Crippen LogP contribution in [-0.4, -0.2) is 34.6 Å². The quantitative estimate of drug-likeness (QED) is 0.156. The van der Waals surface area contributed by atoms with Crippen molar-refractivity contribution in [1.82, 2.24) is 4.98 Å². The average molecular weight is 752 g/mol. The van der Waals surface area contributed by atoms with Crippen LogP contribution in [0.1, 0.15) is 45.6 Å². The molecule has 4 aromatic rings. The van der Waals surface area contributed by atoms with Crippen LogP contribution >= 0.6 is 50.6 Å². The summed E-state index contributed by atoms with van der Waals surface area (Å²) in [6, 6.07) is 19.9. The normalized spacial score (nSPS) is 27.0. The summed E-state index contributed by atoms with van der Waals surface area (Å²) in [5, 5.41) is 1.53. The van der Waals surface area contributed by atoms with Crippen LogP contribution in [0.2, 0.25) is 5.02 Å². The molecule has 8 nitrogen and oxygen atoms in total. The maximum Gasteiger partial charge on any atom is 0.338 e. The van der Waals surface area contributed by atoms with Gasteiger partial charge in [-0.1, -0.05) is 51.0 Å². The van der Waals surface area contributed by atoms with E-state index in [4.69, 9.17) is 21.1 Å². The summed E-state index contributed by atoms with van der Waals surface area (Å²) in [7, 11) is 0. The number of anilines is 1.